The lowest BCUT2D eigenvalue weighted by molar-refractivity contribution is -0.133. The van der Waals surface area contributed by atoms with Crippen molar-refractivity contribution in [1.82, 2.24) is 14.7 Å². The molecule has 5 nitrogen and oxygen atoms in total. The normalized spacial score (nSPS) is 11.8. The number of thiophene rings is 1. The third kappa shape index (κ3) is 7.20. The van der Waals surface area contributed by atoms with E-state index in [1.54, 1.807) is 35.2 Å². The highest BCUT2D eigenvalue weighted by molar-refractivity contribution is 7.11. The molecule has 29 heavy (non-hydrogen) atoms. The first kappa shape index (κ1) is 22.9. The van der Waals surface area contributed by atoms with Crippen LogP contribution in [0.2, 0.25) is 0 Å². The predicted molar refractivity (Wildman–Crippen MR) is 120 cm³/mol. The zero-order chi connectivity index (χ0) is 21.4. The topological polar surface area (TPSA) is 43.9 Å². The molecule has 0 aliphatic carbocycles. The molecule has 1 aromatic heterocycles. The van der Waals surface area contributed by atoms with E-state index in [-0.39, 0.29) is 18.5 Å². The van der Waals surface area contributed by atoms with Crippen LogP contribution >= 0.6 is 11.3 Å². The summed E-state index contributed by atoms with van der Waals surface area (Å²) in [6, 6.07) is 14.0. The summed E-state index contributed by atoms with van der Waals surface area (Å²) < 4.78 is 0. The van der Waals surface area contributed by atoms with Gasteiger partial charge in [0.2, 0.25) is 5.91 Å². The number of nitrogens with zero attached hydrogens (tertiary/aromatic N) is 3. The molecule has 2 aromatic rings. The molecule has 0 bridgehead atoms. The van der Waals surface area contributed by atoms with Gasteiger partial charge >= 0.3 is 6.03 Å². The van der Waals surface area contributed by atoms with Gasteiger partial charge in [-0.15, -0.1) is 11.3 Å². The number of benzene rings is 1. The van der Waals surface area contributed by atoms with Crippen LogP contribution in [0.25, 0.3) is 0 Å². The van der Waals surface area contributed by atoms with E-state index in [4.69, 9.17) is 0 Å². The van der Waals surface area contributed by atoms with Crippen molar-refractivity contribution in [2.75, 3.05) is 27.2 Å². The molecule has 0 aliphatic rings. The minimum atomic E-state index is -0.120. The number of carbonyl (C=O) groups excluding carboxylic acids is 2. The highest BCUT2D eigenvalue weighted by Crippen LogP contribution is 2.19. The largest absolute Gasteiger partial charge is 0.332 e. The monoisotopic (exact) mass is 415 g/mol. The third-order valence-corrected chi connectivity index (χ3v) is 5.91. The van der Waals surface area contributed by atoms with E-state index in [0.717, 1.165) is 16.9 Å². The van der Waals surface area contributed by atoms with E-state index in [1.165, 1.54) is 4.88 Å². The SMILES string of the molecule is CC[C@@H](C)CN(CC(=O)N(Cc1ccccc1)Cc1ccc(C)s1)C(=O)N(C)C. The van der Waals surface area contributed by atoms with Crippen molar-refractivity contribution in [2.24, 2.45) is 5.92 Å². The summed E-state index contributed by atoms with van der Waals surface area (Å²) in [5, 5.41) is 0. The molecule has 0 saturated heterocycles. The zero-order valence-electron chi connectivity index (χ0n) is 18.2. The van der Waals surface area contributed by atoms with Crippen LogP contribution < -0.4 is 0 Å². The van der Waals surface area contributed by atoms with E-state index in [2.05, 4.69) is 32.9 Å². The number of urea groups is 1. The maximum absolute atomic E-state index is 13.3. The van der Waals surface area contributed by atoms with Crippen LogP contribution in [0.5, 0.6) is 0 Å². The van der Waals surface area contributed by atoms with Gasteiger partial charge in [-0.25, -0.2) is 4.79 Å². The van der Waals surface area contributed by atoms with Crippen LogP contribution in [0.1, 0.15) is 35.6 Å². The molecule has 0 fully saturated rings. The molecule has 0 N–H and O–H groups in total. The lowest BCUT2D eigenvalue weighted by Crippen LogP contribution is -2.47. The molecule has 0 spiro atoms. The van der Waals surface area contributed by atoms with Gasteiger partial charge in [-0.1, -0.05) is 50.6 Å². The van der Waals surface area contributed by atoms with Crippen molar-refractivity contribution in [3.05, 3.63) is 57.8 Å². The number of hydrogen-bond acceptors (Lipinski definition) is 3. The van der Waals surface area contributed by atoms with Crippen LogP contribution in [-0.2, 0) is 17.9 Å². The molecule has 1 atom stereocenters. The molecule has 2 rings (SSSR count). The Hall–Kier alpha value is -2.34. The van der Waals surface area contributed by atoms with Gasteiger partial charge in [0.25, 0.3) is 0 Å². The Morgan fingerprint density at radius 2 is 1.69 bits per heavy atom. The first-order chi connectivity index (χ1) is 13.8. The number of amides is 3. The van der Waals surface area contributed by atoms with Crippen LogP contribution in [0.4, 0.5) is 4.79 Å². The maximum atomic E-state index is 13.3. The van der Waals surface area contributed by atoms with Gasteiger partial charge in [0, 0.05) is 36.9 Å². The van der Waals surface area contributed by atoms with E-state index < -0.39 is 0 Å². The van der Waals surface area contributed by atoms with Crippen molar-refractivity contribution in [3.63, 3.8) is 0 Å². The fourth-order valence-corrected chi connectivity index (χ4v) is 3.96. The van der Waals surface area contributed by atoms with E-state index in [0.29, 0.717) is 25.6 Å². The minimum Gasteiger partial charge on any atom is -0.332 e. The fraction of sp³-hybridized carbons (Fsp3) is 0.478. The Labute approximate surface area is 178 Å². The van der Waals surface area contributed by atoms with Crippen LogP contribution in [0.15, 0.2) is 42.5 Å². The summed E-state index contributed by atoms with van der Waals surface area (Å²) in [5.74, 6) is 0.313. The highest BCUT2D eigenvalue weighted by atomic mass is 32.1. The lowest BCUT2D eigenvalue weighted by Gasteiger charge is -2.31. The van der Waals surface area contributed by atoms with E-state index >= 15 is 0 Å². The molecule has 3 amide bonds. The predicted octanol–water partition coefficient (Wildman–Crippen LogP) is 4.62. The first-order valence-corrected chi connectivity index (χ1v) is 10.9. The second-order valence-electron chi connectivity index (χ2n) is 7.82. The van der Waals surface area contributed by atoms with Crippen molar-refractivity contribution in [2.45, 2.75) is 40.3 Å². The number of carbonyl (C=O) groups is 2. The highest BCUT2D eigenvalue weighted by Gasteiger charge is 2.24. The van der Waals surface area contributed by atoms with Gasteiger partial charge in [-0.3, -0.25) is 4.79 Å². The molecule has 6 heteroatoms. The lowest BCUT2D eigenvalue weighted by atomic mass is 10.1. The summed E-state index contributed by atoms with van der Waals surface area (Å²) in [6.45, 7) is 8.04. The Bertz CT molecular complexity index is 788. The summed E-state index contributed by atoms with van der Waals surface area (Å²) in [6.07, 6.45) is 0.966. The fourth-order valence-electron chi connectivity index (χ4n) is 3.06. The minimum absolute atomic E-state index is 0.0293. The summed E-state index contributed by atoms with van der Waals surface area (Å²) in [5.41, 5.74) is 1.08. The van der Waals surface area contributed by atoms with Gasteiger partial charge < -0.3 is 14.7 Å². The Kier molecular flexibility index (Phi) is 8.70. The van der Waals surface area contributed by atoms with Crippen LogP contribution in [-0.4, -0.2) is 53.8 Å². The average Bonchev–Trinajstić information content (AvgIpc) is 3.11. The second kappa shape index (κ2) is 11.0. The third-order valence-electron chi connectivity index (χ3n) is 4.92. The van der Waals surface area contributed by atoms with E-state index in [1.807, 2.05) is 35.2 Å². The average molecular weight is 416 g/mol. The Morgan fingerprint density at radius 1 is 1.00 bits per heavy atom. The standard InChI is InChI=1S/C23H33N3O2S/c1-6-18(2)14-26(23(28)24(4)5)17-22(27)25(15-20-10-8-7-9-11-20)16-21-13-12-19(3)29-21/h7-13,18H,6,14-17H2,1-5H3/t18-/m1/s1. The molecule has 0 radical (unpaired) electrons. The first-order valence-electron chi connectivity index (χ1n) is 10.1. The second-order valence-corrected chi connectivity index (χ2v) is 9.19. The summed E-state index contributed by atoms with van der Waals surface area (Å²) in [4.78, 5) is 33.4. The van der Waals surface area contributed by atoms with Crippen LogP contribution in [0, 0.1) is 12.8 Å². The zero-order valence-corrected chi connectivity index (χ0v) is 19.0. The van der Waals surface area contributed by atoms with Gasteiger partial charge in [-0.05, 0) is 30.5 Å². The molecule has 0 unspecified atom stereocenters. The Balaban J connectivity index is 2.19. The van der Waals surface area contributed by atoms with Crippen molar-refractivity contribution in [3.8, 4) is 0 Å². The molecule has 1 aromatic carbocycles. The van der Waals surface area contributed by atoms with Gasteiger partial charge in [0.05, 0.1) is 6.54 Å². The van der Waals surface area contributed by atoms with Crippen molar-refractivity contribution >= 4 is 23.3 Å². The summed E-state index contributed by atoms with van der Waals surface area (Å²) >= 11 is 1.71. The molecule has 1 heterocycles. The number of hydrogen-bond donors (Lipinski definition) is 0. The molecule has 158 valence electrons. The van der Waals surface area contributed by atoms with E-state index in [9.17, 15) is 9.59 Å². The van der Waals surface area contributed by atoms with Crippen LogP contribution in [0.3, 0.4) is 0 Å². The van der Waals surface area contributed by atoms with Gasteiger partial charge in [-0.2, -0.15) is 0 Å². The molecule has 0 saturated carbocycles. The summed E-state index contributed by atoms with van der Waals surface area (Å²) in [7, 11) is 3.46. The molecular formula is C23H33N3O2S. The molecule has 0 aliphatic heterocycles. The maximum Gasteiger partial charge on any atom is 0.319 e. The Morgan fingerprint density at radius 3 is 2.24 bits per heavy atom. The van der Waals surface area contributed by atoms with Crippen molar-refractivity contribution < 1.29 is 9.59 Å². The van der Waals surface area contributed by atoms with Gasteiger partial charge in [0.1, 0.15) is 6.54 Å². The number of rotatable bonds is 9. The van der Waals surface area contributed by atoms with Crippen molar-refractivity contribution in [1.29, 1.82) is 0 Å². The quantitative estimate of drug-likeness (QED) is 0.600. The smallest absolute Gasteiger partial charge is 0.319 e. The van der Waals surface area contributed by atoms with Gasteiger partial charge in [0.15, 0.2) is 0 Å². The number of aryl methyl sites for hydroxylation is 1. The molecular weight excluding hydrogens is 382 g/mol.